The first-order valence-electron chi connectivity index (χ1n) is 8.74. The number of hydrogen-bond acceptors (Lipinski definition) is 4. The molecule has 2 bridgehead atoms. The van der Waals surface area contributed by atoms with E-state index in [1.54, 1.807) is 0 Å². The molecule has 5 heteroatoms. The van der Waals surface area contributed by atoms with Gasteiger partial charge in [-0.25, -0.2) is 4.79 Å². The molecule has 0 saturated carbocycles. The van der Waals surface area contributed by atoms with Crippen LogP contribution in [0.2, 0.25) is 0 Å². The maximum absolute atomic E-state index is 13.0. The van der Waals surface area contributed by atoms with E-state index in [1.165, 1.54) is 6.92 Å². The summed E-state index contributed by atoms with van der Waals surface area (Å²) < 4.78 is 0. The van der Waals surface area contributed by atoms with Crippen molar-refractivity contribution in [2.24, 2.45) is 11.8 Å². The Labute approximate surface area is 150 Å². The summed E-state index contributed by atoms with van der Waals surface area (Å²) in [6.45, 7) is 3.22. The number of carbonyl (C=O) groups is 3. The van der Waals surface area contributed by atoms with Crippen LogP contribution in [-0.4, -0.2) is 22.8 Å². The first-order chi connectivity index (χ1) is 12.5. The molecule has 0 aromatic heterocycles. The second-order valence-corrected chi connectivity index (χ2v) is 7.32. The standard InChI is InChI=1S/C21H17NO4/c1-10-7-8-14-15(9-10)17-13-6-4-3-5-12(13)16(14)18-19(17)21(25)22(20(18)24)26-11(2)23/h3-9,16-19H,1-2H3/t16-,17-,18+,19-/m1/s1. The van der Waals surface area contributed by atoms with Crippen LogP contribution < -0.4 is 0 Å². The lowest BCUT2D eigenvalue weighted by Crippen LogP contribution is -2.41. The summed E-state index contributed by atoms with van der Waals surface area (Å²) in [5.41, 5.74) is 5.54. The van der Waals surface area contributed by atoms with E-state index in [2.05, 4.69) is 12.1 Å². The topological polar surface area (TPSA) is 63.7 Å². The average molecular weight is 347 g/mol. The third-order valence-corrected chi connectivity index (χ3v) is 5.87. The van der Waals surface area contributed by atoms with Gasteiger partial charge in [-0.3, -0.25) is 9.59 Å². The van der Waals surface area contributed by atoms with Crippen molar-refractivity contribution >= 4 is 17.8 Å². The molecule has 3 aliphatic carbocycles. The zero-order valence-electron chi connectivity index (χ0n) is 14.4. The van der Waals surface area contributed by atoms with Gasteiger partial charge in [-0.15, -0.1) is 5.06 Å². The summed E-state index contributed by atoms with van der Waals surface area (Å²) in [7, 11) is 0. The minimum absolute atomic E-state index is 0.186. The quantitative estimate of drug-likeness (QED) is 0.744. The van der Waals surface area contributed by atoms with Gasteiger partial charge in [0.1, 0.15) is 0 Å². The van der Waals surface area contributed by atoms with Crippen LogP contribution in [0.1, 0.15) is 46.6 Å². The van der Waals surface area contributed by atoms with Crippen molar-refractivity contribution in [1.29, 1.82) is 0 Å². The number of benzene rings is 2. The van der Waals surface area contributed by atoms with E-state index in [1.807, 2.05) is 37.3 Å². The molecule has 1 saturated heterocycles. The van der Waals surface area contributed by atoms with E-state index in [-0.39, 0.29) is 11.8 Å². The number of hydrogen-bond donors (Lipinski definition) is 0. The summed E-state index contributed by atoms with van der Waals surface area (Å²) in [4.78, 5) is 42.4. The molecule has 4 aliphatic rings. The van der Waals surface area contributed by atoms with E-state index >= 15 is 0 Å². The van der Waals surface area contributed by atoms with Crippen molar-refractivity contribution in [1.82, 2.24) is 5.06 Å². The molecule has 1 heterocycles. The normalized spacial score (nSPS) is 27.8. The van der Waals surface area contributed by atoms with Gasteiger partial charge in [0.05, 0.1) is 11.8 Å². The number of hydroxylamine groups is 2. The van der Waals surface area contributed by atoms with Crippen LogP contribution in [0.15, 0.2) is 42.5 Å². The zero-order valence-corrected chi connectivity index (χ0v) is 14.4. The molecule has 26 heavy (non-hydrogen) atoms. The van der Waals surface area contributed by atoms with Gasteiger partial charge in [0.15, 0.2) is 0 Å². The van der Waals surface area contributed by atoms with E-state index in [4.69, 9.17) is 4.84 Å². The maximum atomic E-state index is 13.0. The lowest BCUT2D eigenvalue weighted by molar-refractivity contribution is -0.197. The second-order valence-electron chi connectivity index (χ2n) is 7.32. The molecule has 2 amide bonds. The Morgan fingerprint density at radius 3 is 2.00 bits per heavy atom. The van der Waals surface area contributed by atoms with Gasteiger partial charge in [0, 0.05) is 18.8 Å². The Balaban J connectivity index is 1.75. The first-order valence-corrected chi connectivity index (χ1v) is 8.74. The molecule has 2 aromatic rings. The Morgan fingerprint density at radius 1 is 0.885 bits per heavy atom. The molecule has 0 spiro atoms. The number of nitrogens with zero attached hydrogens (tertiary/aromatic N) is 1. The van der Waals surface area contributed by atoms with Crippen molar-refractivity contribution in [3.8, 4) is 0 Å². The lowest BCUT2D eigenvalue weighted by Gasteiger charge is -2.45. The molecular weight excluding hydrogens is 330 g/mol. The minimum Gasteiger partial charge on any atom is -0.331 e. The SMILES string of the molecule is CC(=O)ON1C(=O)[C@@H]2[C@@H]3c4ccccc4[C@H](c4ccc(C)cc43)[C@@H]2C1=O. The Morgan fingerprint density at radius 2 is 1.42 bits per heavy atom. The van der Waals surface area contributed by atoms with Crippen LogP contribution in [0.4, 0.5) is 0 Å². The first kappa shape index (κ1) is 15.3. The van der Waals surface area contributed by atoms with Gasteiger partial charge in [-0.1, -0.05) is 48.0 Å². The number of rotatable bonds is 1. The molecule has 130 valence electrons. The van der Waals surface area contributed by atoms with Crippen LogP contribution in [0.3, 0.4) is 0 Å². The lowest BCUT2D eigenvalue weighted by atomic mass is 9.55. The van der Waals surface area contributed by atoms with Crippen molar-refractivity contribution < 1.29 is 19.2 Å². The predicted octanol–water partition coefficient (Wildman–Crippen LogP) is 2.67. The molecule has 0 radical (unpaired) electrons. The monoisotopic (exact) mass is 347 g/mol. The second kappa shape index (κ2) is 5.04. The molecule has 1 fully saturated rings. The number of carbonyl (C=O) groups excluding carboxylic acids is 3. The van der Waals surface area contributed by atoms with E-state index in [9.17, 15) is 14.4 Å². The van der Waals surface area contributed by atoms with Gasteiger partial charge in [-0.2, -0.15) is 0 Å². The zero-order chi connectivity index (χ0) is 18.2. The third kappa shape index (κ3) is 1.77. The van der Waals surface area contributed by atoms with Gasteiger partial charge in [-0.05, 0) is 29.2 Å². The molecule has 2 aromatic carbocycles. The fourth-order valence-corrected chi connectivity index (χ4v) is 5.04. The van der Waals surface area contributed by atoms with Crippen molar-refractivity contribution in [3.05, 3.63) is 70.3 Å². The highest BCUT2D eigenvalue weighted by Gasteiger charge is 2.62. The van der Waals surface area contributed by atoms with Crippen LogP contribution in [0.5, 0.6) is 0 Å². The largest absolute Gasteiger partial charge is 0.331 e. The molecule has 5 nitrogen and oxygen atoms in total. The Kier molecular flexibility index (Phi) is 2.97. The summed E-state index contributed by atoms with van der Waals surface area (Å²) in [6, 6.07) is 14.2. The number of amides is 2. The minimum atomic E-state index is -0.663. The molecule has 0 unspecified atom stereocenters. The van der Waals surface area contributed by atoms with Gasteiger partial charge >= 0.3 is 5.97 Å². The third-order valence-electron chi connectivity index (χ3n) is 5.87. The van der Waals surface area contributed by atoms with Crippen LogP contribution in [0, 0.1) is 18.8 Å². The molecule has 4 atom stereocenters. The Bertz CT molecular complexity index is 995. The summed E-state index contributed by atoms with van der Waals surface area (Å²) in [6.07, 6.45) is 0. The summed E-state index contributed by atoms with van der Waals surface area (Å²) in [5.74, 6) is -2.89. The van der Waals surface area contributed by atoms with Crippen molar-refractivity contribution in [2.75, 3.05) is 0 Å². The summed E-state index contributed by atoms with van der Waals surface area (Å²) >= 11 is 0. The van der Waals surface area contributed by atoms with E-state index in [0.29, 0.717) is 5.06 Å². The highest BCUT2D eigenvalue weighted by atomic mass is 16.7. The molecular formula is C21H17NO4. The van der Waals surface area contributed by atoms with Crippen molar-refractivity contribution in [2.45, 2.75) is 25.7 Å². The average Bonchev–Trinajstić information content (AvgIpc) is 2.86. The smallest absolute Gasteiger partial charge is 0.330 e. The molecule has 6 rings (SSSR count). The van der Waals surface area contributed by atoms with Crippen LogP contribution in [-0.2, 0) is 19.2 Å². The van der Waals surface area contributed by atoms with E-state index in [0.717, 1.165) is 27.8 Å². The van der Waals surface area contributed by atoms with Gasteiger partial charge < -0.3 is 4.84 Å². The van der Waals surface area contributed by atoms with Crippen LogP contribution in [0.25, 0.3) is 0 Å². The van der Waals surface area contributed by atoms with Crippen LogP contribution >= 0.6 is 0 Å². The fourth-order valence-electron chi connectivity index (χ4n) is 5.04. The number of imide groups is 1. The highest BCUT2D eigenvalue weighted by Crippen LogP contribution is 2.61. The van der Waals surface area contributed by atoms with Crippen molar-refractivity contribution in [3.63, 3.8) is 0 Å². The fraction of sp³-hybridized carbons (Fsp3) is 0.286. The predicted molar refractivity (Wildman–Crippen MR) is 91.9 cm³/mol. The molecule has 0 N–H and O–H groups in total. The van der Waals surface area contributed by atoms with Gasteiger partial charge in [0.2, 0.25) is 0 Å². The maximum Gasteiger partial charge on any atom is 0.330 e. The molecule has 1 aliphatic heterocycles. The van der Waals surface area contributed by atoms with Gasteiger partial charge in [0.25, 0.3) is 11.8 Å². The Hall–Kier alpha value is -2.95. The highest BCUT2D eigenvalue weighted by molar-refractivity contribution is 6.07. The number of aryl methyl sites for hydroxylation is 1. The summed E-state index contributed by atoms with van der Waals surface area (Å²) in [5, 5.41) is 0.697. The van der Waals surface area contributed by atoms with E-state index < -0.39 is 29.6 Å².